The van der Waals surface area contributed by atoms with Crippen molar-refractivity contribution in [3.63, 3.8) is 0 Å². The first-order valence-electron chi connectivity index (χ1n) is 5.93. The molecule has 1 rings (SSSR count). The third-order valence-electron chi connectivity index (χ3n) is 4.72. The highest BCUT2D eigenvalue weighted by Gasteiger charge is 2.55. The molecule has 0 saturated heterocycles. The average molecular weight is 182 g/mol. The van der Waals surface area contributed by atoms with Gasteiger partial charge in [-0.1, -0.05) is 48.0 Å². The maximum atomic E-state index is 2.49. The molecule has 1 saturated carbocycles. The Hall–Kier alpha value is 0. The molecule has 4 atom stereocenters. The molecule has 4 unspecified atom stereocenters. The molecule has 0 amide bonds. The fraction of sp³-hybridized carbons (Fsp3) is 1.00. The SMILES string of the molecule is CCC(C)C1CC1(C)C(C)C(C)C. The van der Waals surface area contributed by atoms with Crippen molar-refractivity contribution >= 4 is 0 Å². The topological polar surface area (TPSA) is 0 Å². The third-order valence-corrected chi connectivity index (χ3v) is 4.72. The summed E-state index contributed by atoms with van der Waals surface area (Å²) in [5, 5.41) is 0. The first-order valence-corrected chi connectivity index (χ1v) is 5.93. The Bertz CT molecular complexity index is 171. The highest BCUT2D eigenvalue weighted by molar-refractivity contribution is 5.04. The van der Waals surface area contributed by atoms with Gasteiger partial charge in [-0.2, -0.15) is 0 Å². The van der Waals surface area contributed by atoms with Gasteiger partial charge in [0.1, 0.15) is 0 Å². The predicted octanol–water partition coefficient (Wildman–Crippen LogP) is 4.35. The van der Waals surface area contributed by atoms with Gasteiger partial charge in [-0.3, -0.25) is 0 Å². The summed E-state index contributed by atoms with van der Waals surface area (Å²) in [5.74, 6) is 3.69. The molecule has 0 aliphatic heterocycles. The second-order valence-electron chi connectivity index (χ2n) is 5.73. The van der Waals surface area contributed by atoms with Crippen LogP contribution >= 0.6 is 0 Å². The van der Waals surface area contributed by atoms with Crippen molar-refractivity contribution in [2.45, 2.75) is 54.4 Å². The smallest absolute Gasteiger partial charge is 0.0264 e. The van der Waals surface area contributed by atoms with E-state index in [2.05, 4.69) is 41.5 Å². The normalized spacial score (nSPS) is 37.6. The van der Waals surface area contributed by atoms with Crippen LogP contribution in [0.4, 0.5) is 0 Å². The summed E-state index contributed by atoms with van der Waals surface area (Å²) >= 11 is 0. The van der Waals surface area contributed by atoms with E-state index in [0.717, 1.165) is 23.7 Å². The van der Waals surface area contributed by atoms with Gasteiger partial charge in [0.15, 0.2) is 0 Å². The molecule has 1 fully saturated rings. The first-order chi connectivity index (χ1) is 5.93. The zero-order chi connectivity index (χ0) is 10.2. The van der Waals surface area contributed by atoms with Gasteiger partial charge in [-0.25, -0.2) is 0 Å². The zero-order valence-electron chi connectivity index (χ0n) is 10.2. The van der Waals surface area contributed by atoms with Crippen molar-refractivity contribution in [2.24, 2.45) is 29.1 Å². The van der Waals surface area contributed by atoms with E-state index in [0.29, 0.717) is 5.41 Å². The minimum absolute atomic E-state index is 0.670. The third kappa shape index (κ3) is 1.92. The molecule has 0 heterocycles. The van der Waals surface area contributed by atoms with Crippen molar-refractivity contribution in [2.75, 3.05) is 0 Å². The summed E-state index contributed by atoms with van der Waals surface area (Å²) < 4.78 is 0. The quantitative estimate of drug-likeness (QED) is 0.606. The Kier molecular flexibility index (Phi) is 3.09. The zero-order valence-corrected chi connectivity index (χ0v) is 10.2. The summed E-state index contributed by atoms with van der Waals surface area (Å²) in [6.45, 7) is 14.4. The Morgan fingerprint density at radius 2 is 1.77 bits per heavy atom. The lowest BCUT2D eigenvalue weighted by molar-refractivity contribution is 0.231. The van der Waals surface area contributed by atoms with E-state index in [1.807, 2.05) is 0 Å². The minimum Gasteiger partial charge on any atom is -0.0651 e. The van der Waals surface area contributed by atoms with Gasteiger partial charge in [0.25, 0.3) is 0 Å². The van der Waals surface area contributed by atoms with E-state index in [1.165, 1.54) is 12.8 Å². The molecular formula is C13H26. The molecule has 1 aliphatic carbocycles. The van der Waals surface area contributed by atoms with Crippen molar-refractivity contribution in [3.05, 3.63) is 0 Å². The monoisotopic (exact) mass is 182 g/mol. The lowest BCUT2D eigenvalue weighted by Gasteiger charge is -2.26. The molecule has 0 spiro atoms. The summed E-state index contributed by atoms with van der Waals surface area (Å²) in [4.78, 5) is 0. The highest BCUT2D eigenvalue weighted by atomic mass is 14.6. The Morgan fingerprint density at radius 1 is 1.23 bits per heavy atom. The molecule has 0 radical (unpaired) electrons. The van der Waals surface area contributed by atoms with Crippen LogP contribution in [-0.4, -0.2) is 0 Å². The minimum atomic E-state index is 0.670. The van der Waals surface area contributed by atoms with Crippen LogP contribution in [0, 0.1) is 29.1 Å². The van der Waals surface area contributed by atoms with Crippen LogP contribution < -0.4 is 0 Å². The van der Waals surface area contributed by atoms with Crippen LogP contribution in [0.1, 0.15) is 54.4 Å². The molecule has 0 aromatic carbocycles. The van der Waals surface area contributed by atoms with Gasteiger partial charge in [0.05, 0.1) is 0 Å². The largest absolute Gasteiger partial charge is 0.0651 e. The van der Waals surface area contributed by atoms with Crippen molar-refractivity contribution in [3.8, 4) is 0 Å². The van der Waals surface area contributed by atoms with Crippen LogP contribution in [0.5, 0.6) is 0 Å². The summed E-state index contributed by atoms with van der Waals surface area (Å²) in [5.41, 5.74) is 0.670. The number of rotatable bonds is 4. The lowest BCUT2D eigenvalue weighted by atomic mass is 9.79. The lowest BCUT2D eigenvalue weighted by Crippen LogP contribution is -2.19. The van der Waals surface area contributed by atoms with E-state index in [4.69, 9.17) is 0 Å². The Morgan fingerprint density at radius 3 is 2.15 bits per heavy atom. The van der Waals surface area contributed by atoms with Crippen molar-refractivity contribution in [1.82, 2.24) is 0 Å². The molecule has 0 nitrogen and oxygen atoms in total. The second kappa shape index (κ2) is 3.63. The summed E-state index contributed by atoms with van der Waals surface area (Å²) in [6.07, 6.45) is 2.83. The fourth-order valence-corrected chi connectivity index (χ4v) is 2.84. The van der Waals surface area contributed by atoms with Gasteiger partial charge in [0.2, 0.25) is 0 Å². The van der Waals surface area contributed by atoms with E-state index < -0.39 is 0 Å². The van der Waals surface area contributed by atoms with Gasteiger partial charge >= 0.3 is 0 Å². The molecule has 0 aromatic heterocycles. The molecule has 78 valence electrons. The van der Waals surface area contributed by atoms with Crippen LogP contribution in [0.2, 0.25) is 0 Å². The molecule has 0 aromatic rings. The number of hydrogen-bond acceptors (Lipinski definition) is 0. The molecule has 0 N–H and O–H groups in total. The molecule has 1 aliphatic rings. The molecule has 0 heteroatoms. The standard InChI is InChI=1S/C13H26/c1-7-10(4)12-8-13(12,6)11(5)9(2)3/h9-12H,7-8H2,1-6H3. The van der Waals surface area contributed by atoms with E-state index in [1.54, 1.807) is 0 Å². The van der Waals surface area contributed by atoms with Crippen LogP contribution in [-0.2, 0) is 0 Å². The Labute approximate surface area is 84.1 Å². The number of hydrogen-bond donors (Lipinski definition) is 0. The predicted molar refractivity (Wildman–Crippen MR) is 59.7 cm³/mol. The van der Waals surface area contributed by atoms with Crippen molar-refractivity contribution in [1.29, 1.82) is 0 Å². The highest BCUT2D eigenvalue weighted by Crippen LogP contribution is 2.62. The first kappa shape index (κ1) is 11.1. The van der Waals surface area contributed by atoms with Crippen LogP contribution in [0.3, 0.4) is 0 Å². The van der Waals surface area contributed by atoms with Gasteiger partial charge in [-0.05, 0) is 35.5 Å². The van der Waals surface area contributed by atoms with E-state index in [9.17, 15) is 0 Å². The molecule has 13 heavy (non-hydrogen) atoms. The van der Waals surface area contributed by atoms with E-state index >= 15 is 0 Å². The summed E-state index contributed by atoms with van der Waals surface area (Å²) in [7, 11) is 0. The second-order valence-corrected chi connectivity index (χ2v) is 5.73. The molecule has 0 bridgehead atoms. The fourth-order valence-electron chi connectivity index (χ4n) is 2.84. The van der Waals surface area contributed by atoms with Gasteiger partial charge in [0, 0.05) is 0 Å². The van der Waals surface area contributed by atoms with E-state index in [-0.39, 0.29) is 0 Å². The van der Waals surface area contributed by atoms with Crippen molar-refractivity contribution < 1.29 is 0 Å². The molecular weight excluding hydrogens is 156 g/mol. The van der Waals surface area contributed by atoms with Crippen LogP contribution in [0.15, 0.2) is 0 Å². The maximum absolute atomic E-state index is 2.49. The van der Waals surface area contributed by atoms with Gasteiger partial charge in [-0.15, -0.1) is 0 Å². The van der Waals surface area contributed by atoms with Gasteiger partial charge < -0.3 is 0 Å². The average Bonchev–Trinajstić information content (AvgIpc) is 2.76. The maximum Gasteiger partial charge on any atom is -0.0264 e. The van der Waals surface area contributed by atoms with Crippen LogP contribution in [0.25, 0.3) is 0 Å². The Balaban J connectivity index is 2.53. The summed E-state index contributed by atoms with van der Waals surface area (Å²) in [6, 6.07) is 0.